The molecule has 1 amide bonds. The van der Waals surface area contributed by atoms with Crippen LogP contribution in [0, 0.1) is 6.92 Å². The van der Waals surface area contributed by atoms with Gasteiger partial charge in [-0.05, 0) is 49.1 Å². The van der Waals surface area contributed by atoms with Crippen molar-refractivity contribution < 1.29 is 28.3 Å². The number of hydrogen-bond donors (Lipinski definition) is 1. The molecule has 2 aromatic rings. The van der Waals surface area contributed by atoms with Crippen LogP contribution < -0.4 is 5.32 Å². The number of nitrogens with zero attached hydrogens (tertiary/aromatic N) is 1. The minimum atomic E-state index is -0.448. The Morgan fingerprint density at radius 1 is 1.06 bits per heavy atom. The maximum absolute atomic E-state index is 12.7. The van der Waals surface area contributed by atoms with E-state index in [4.69, 9.17) is 9.47 Å². The second-order valence-electron chi connectivity index (χ2n) is 9.53. The molecular formula is C27H37N2O5S+. The Kier molecular flexibility index (Phi) is 10.0. The highest BCUT2D eigenvalue weighted by Gasteiger charge is 2.33. The van der Waals surface area contributed by atoms with Crippen LogP contribution in [0.25, 0.3) is 0 Å². The summed E-state index contributed by atoms with van der Waals surface area (Å²) in [7, 11) is 1.33. The quantitative estimate of drug-likeness (QED) is 0.444. The molecule has 7 nitrogen and oxygen atoms in total. The van der Waals surface area contributed by atoms with Gasteiger partial charge in [-0.1, -0.05) is 30.3 Å². The molecule has 8 heteroatoms. The highest BCUT2D eigenvalue weighted by atomic mass is 32.1. The van der Waals surface area contributed by atoms with Gasteiger partial charge in [-0.25, -0.2) is 4.79 Å². The first-order valence-corrected chi connectivity index (χ1v) is 13.1. The molecule has 0 bridgehead atoms. The van der Waals surface area contributed by atoms with Gasteiger partial charge >= 0.3 is 5.97 Å². The van der Waals surface area contributed by atoms with E-state index in [0.29, 0.717) is 27.5 Å². The lowest BCUT2D eigenvalue weighted by molar-refractivity contribution is -0.912. The van der Waals surface area contributed by atoms with Gasteiger partial charge in [0.1, 0.15) is 11.4 Å². The summed E-state index contributed by atoms with van der Waals surface area (Å²) in [5.74, 6) is 0.170. The van der Waals surface area contributed by atoms with Crippen molar-refractivity contribution in [2.24, 2.45) is 0 Å². The Morgan fingerprint density at radius 2 is 1.71 bits per heavy atom. The normalized spacial score (nSPS) is 17.2. The van der Waals surface area contributed by atoms with E-state index in [1.807, 2.05) is 18.4 Å². The Balaban J connectivity index is 0.000000281. The van der Waals surface area contributed by atoms with Crippen LogP contribution in [-0.4, -0.2) is 68.6 Å². The van der Waals surface area contributed by atoms with Crippen molar-refractivity contribution >= 4 is 34.7 Å². The van der Waals surface area contributed by atoms with Crippen LogP contribution in [0.5, 0.6) is 0 Å². The average Bonchev–Trinajstić information content (AvgIpc) is 3.00. The van der Waals surface area contributed by atoms with Crippen LogP contribution in [0.4, 0.5) is 5.69 Å². The molecule has 1 aromatic carbocycles. The van der Waals surface area contributed by atoms with E-state index in [9.17, 15) is 14.4 Å². The van der Waals surface area contributed by atoms with Crippen molar-refractivity contribution in [1.82, 2.24) is 0 Å². The van der Waals surface area contributed by atoms with E-state index in [-0.39, 0.29) is 18.2 Å². The summed E-state index contributed by atoms with van der Waals surface area (Å²) in [5.41, 5.74) is 2.78. The molecule has 0 unspecified atom stereocenters. The maximum atomic E-state index is 12.7. The fourth-order valence-corrected chi connectivity index (χ4v) is 5.61. The Bertz CT molecular complexity index is 992. The highest BCUT2D eigenvalue weighted by Crippen LogP contribution is 2.29. The number of anilines is 1. The summed E-state index contributed by atoms with van der Waals surface area (Å²) in [4.78, 5) is 36.7. The third kappa shape index (κ3) is 7.72. The lowest BCUT2D eigenvalue weighted by Gasteiger charge is -2.36. The largest absolute Gasteiger partial charge is 0.465 e. The van der Waals surface area contributed by atoms with E-state index in [1.54, 1.807) is 6.92 Å². The molecule has 2 aliphatic rings. The molecule has 4 rings (SSSR count). The van der Waals surface area contributed by atoms with Crippen LogP contribution in [0.3, 0.4) is 0 Å². The molecule has 0 spiro atoms. The van der Waals surface area contributed by atoms with Gasteiger partial charge in [0.15, 0.2) is 12.3 Å². The van der Waals surface area contributed by atoms with Gasteiger partial charge in [0.05, 0.1) is 39.1 Å². The maximum Gasteiger partial charge on any atom is 0.350 e. The number of Topliss-reactive ketones (excluding diaryl/α,β-unsaturated/α-hetero) is 1. The van der Waals surface area contributed by atoms with Crippen molar-refractivity contribution in [3.63, 3.8) is 0 Å². The molecule has 2 aliphatic heterocycles. The molecule has 3 heterocycles. The van der Waals surface area contributed by atoms with Crippen molar-refractivity contribution in [3.05, 3.63) is 51.7 Å². The fourth-order valence-electron chi connectivity index (χ4n) is 4.68. The number of aryl methyl sites for hydroxylation is 1. The van der Waals surface area contributed by atoms with Crippen LogP contribution in [-0.2, 0) is 19.1 Å². The number of ether oxygens (including phenoxy) is 2. The van der Waals surface area contributed by atoms with Gasteiger partial charge < -0.3 is 19.3 Å². The van der Waals surface area contributed by atoms with E-state index in [1.165, 1.54) is 24.0 Å². The van der Waals surface area contributed by atoms with Crippen LogP contribution in [0.15, 0.2) is 35.7 Å². The standard InChI is InChI=1S/C18H26N2O4S.C9H10O/c1-13-12-25-17(18(23)24-3)16(13)19-15(22)11-20(10-14(2)21)8-6-4-5-7-9-20;1-2-4-8(5-3-1)9-6-10-7-9/h12H,4-11H2,1-3H3;1-5,9H,6-7H2/p+1. The molecule has 35 heavy (non-hydrogen) atoms. The van der Waals surface area contributed by atoms with Crippen LogP contribution >= 0.6 is 11.3 Å². The summed E-state index contributed by atoms with van der Waals surface area (Å²) >= 11 is 1.26. The fraction of sp³-hybridized carbons (Fsp3) is 0.519. The number of amides is 1. The molecule has 0 saturated carbocycles. The number of quaternary nitrogens is 1. The first kappa shape index (κ1) is 27.0. The summed E-state index contributed by atoms with van der Waals surface area (Å²) in [6, 6.07) is 10.5. The van der Waals surface area contributed by atoms with Gasteiger partial charge in [-0.2, -0.15) is 0 Å². The zero-order chi connectivity index (χ0) is 25.3. The Hall–Kier alpha value is -2.55. The van der Waals surface area contributed by atoms with E-state index in [2.05, 4.69) is 29.6 Å². The molecule has 2 fully saturated rings. The molecule has 2 saturated heterocycles. The highest BCUT2D eigenvalue weighted by molar-refractivity contribution is 7.12. The van der Waals surface area contributed by atoms with Crippen molar-refractivity contribution in [3.8, 4) is 0 Å². The van der Waals surface area contributed by atoms with Crippen molar-refractivity contribution in [2.45, 2.75) is 45.4 Å². The SMILES string of the molecule is COC(=O)c1scc(C)c1NC(=O)C[N+]1(CC(C)=O)CCCCCC1.c1ccc(C2COC2)cc1. The summed E-state index contributed by atoms with van der Waals surface area (Å²) in [6.07, 6.45) is 4.36. The molecule has 0 radical (unpaired) electrons. The number of carbonyl (C=O) groups is 3. The van der Waals surface area contributed by atoms with E-state index in [0.717, 1.165) is 57.6 Å². The van der Waals surface area contributed by atoms with Gasteiger partial charge in [0.25, 0.3) is 5.91 Å². The Morgan fingerprint density at radius 3 is 2.26 bits per heavy atom. The Labute approximate surface area is 212 Å². The predicted octanol–water partition coefficient (Wildman–Crippen LogP) is 4.56. The second kappa shape index (κ2) is 13.0. The summed E-state index contributed by atoms with van der Waals surface area (Å²) < 4.78 is 10.4. The minimum Gasteiger partial charge on any atom is -0.465 e. The lowest BCUT2D eigenvalue weighted by atomic mass is 9.98. The number of nitrogens with one attached hydrogen (secondary N) is 1. The number of esters is 1. The van der Waals surface area contributed by atoms with Gasteiger partial charge in [0, 0.05) is 12.8 Å². The van der Waals surface area contributed by atoms with Crippen molar-refractivity contribution in [2.75, 3.05) is 51.8 Å². The third-order valence-corrected chi connectivity index (χ3v) is 7.65. The number of methoxy groups -OCH3 is 1. The topological polar surface area (TPSA) is 81.7 Å². The van der Waals surface area contributed by atoms with Crippen molar-refractivity contribution in [1.29, 1.82) is 0 Å². The number of likely N-dealkylation sites (tertiary alicyclic amines) is 1. The zero-order valence-corrected chi connectivity index (χ0v) is 21.8. The monoisotopic (exact) mass is 501 g/mol. The first-order chi connectivity index (χ1) is 16.8. The number of carbonyl (C=O) groups excluding carboxylic acids is 3. The number of ketones is 1. The smallest absolute Gasteiger partial charge is 0.350 e. The molecule has 190 valence electrons. The summed E-state index contributed by atoms with van der Waals surface area (Å²) in [6.45, 7) is 7.59. The molecular weight excluding hydrogens is 464 g/mol. The zero-order valence-electron chi connectivity index (χ0n) is 21.0. The number of rotatable bonds is 7. The van der Waals surface area contributed by atoms with Gasteiger partial charge in [-0.3, -0.25) is 9.59 Å². The van der Waals surface area contributed by atoms with E-state index >= 15 is 0 Å². The van der Waals surface area contributed by atoms with Crippen LogP contribution in [0.1, 0.15) is 59.3 Å². The lowest BCUT2D eigenvalue weighted by Crippen LogP contribution is -2.55. The molecule has 1 N–H and O–H groups in total. The third-order valence-electron chi connectivity index (χ3n) is 6.57. The van der Waals surface area contributed by atoms with Crippen LogP contribution in [0.2, 0.25) is 0 Å². The average molecular weight is 502 g/mol. The number of thiophene rings is 1. The molecule has 0 aliphatic carbocycles. The number of benzene rings is 1. The van der Waals surface area contributed by atoms with E-state index < -0.39 is 5.97 Å². The van der Waals surface area contributed by atoms with Gasteiger partial charge in [-0.15, -0.1) is 11.3 Å². The summed E-state index contributed by atoms with van der Waals surface area (Å²) in [5, 5.41) is 4.71. The number of hydrogen-bond acceptors (Lipinski definition) is 6. The van der Waals surface area contributed by atoms with Gasteiger partial charge in [0.2, 0.25) is 0 Å². The predicted molar refractivity (Wildman–Crippen MR) is 138 cm³/mol. The minimum absolute atomic E-state index is 0.108. The molecule has 1 aromatic heterocycles. The second-order valence-corrected chi connectivity index (χ2v) is 10.4. The first-order valence-electron chi connectivity index (χ1n) is 12.3. The molecule has 0 atom stereocenters.